The van der Waals surface area contributed by atoms with E-state index in [-0.39, 0.29) is 5.92 Å². The minimum Gasteiger partial charge on any atom is -0.198 e. The van der Waals surface area contributed by atoms with Crippen LogP contribution in [0.1, 0.15) is 12.8 Å². The highest BCUT2D eigenvalue weighted by Gasteiger charge is 2.63. The first-order chi connectivity index (χ1) is 5.94. The first-order valence-electron chi connectivity index (χ1n) is 3.78. The van der Waals surface area contributed by atoms with Gasteiger partial charge in [-0.2, -0.15) is 5.26 Å². The normalized spacial score (nSPS) is 48.4. The second-order valence-corrected chi connectivity index (χ2v) is 5.67. The van der Waals surface area contributed by atoms with Crippen LogP contribution in [0.4, 0.5) is 0 Å². The largest absolute Gasteiger partial charge is 0.198 e. The first kappa shape index (κ1) is 9.93. The van der Waals surface area contributed by atoms with Gasteiger partial charge < -0.3 is 0 Å². The summed E-state index contributed by atoms with van der Waals surface area (Å²) in [5.74, 6) is -0.332. The topological polar surface area (TPSA) is 23.8 Å². The number of fused-ring (bicyclic) bond motifs is 2. The van der Waals surface area contributed by atoms with Gasteiger partial charge in [0.2, 0.25) is 0 Å². The highest BCUT2D eigenvalue weighted by atomic mass is 35.5. The Balaban J connectivity index is 2.54. The quantitative estimate of drug-likeness (QED) is 0.608. The molecule has 0 heterocycles. The van der Waals surface area contributed by atoms with Crippen molar-refractivity contribution in [2.75, 3.05) is 0 Å². The molecule has 70 valence electrons. The van der Waals surface area contributed by atoms with Crippen LogP contribution >= 0.6 is 46.4 Å². The van der Waals surface area contributed by atoms with E-state index in [2.05, 4.69) is 6.07 Å². The van der Waals surface area contributed by atoms with Crippen LogP contribution in [-0.2, 0) is 0 Å². The fraction of sp³-hybridized carbons (Fsp3) is 0.625. The average molecular weight is 257 g/mol. The van der Waals surface area contributed by atoms with Crippen LogP contribution in [0.25, 0.3) is 0 Å². The summed E-state index contributed by atoms with van der Waals surface area (Å²) < 4.78 is 0. The highest BCUT2D eigenvalue weighted by molar-refractivity contribution is 6.51. The second kappa shape index (κ2) is 2.70. The first-order valence-corrected chi connectivity index (χ1v) is 5.29. The molecular formula is C8H5Cl4N. The summed E-state index contributed by atoms with van der Waals surface area (Å²) in [4.78, 5) is -1.53. The zero-order chi connectivity index (χ0) is 9.85. The lowest BCUT2D eigenvalue weighted by Crippen LogP contribution is -2.26. The minimum atomic E-state index is -0.838. The fourth-order valence-electron chi connectivity index (χ4n) is 2.01. The molecule has 2 bridgehead atoms. The Hall–Kier alpha value is 0.390. The lowest BCUT2D eigenvalue weighted by molar-refractivity contribution is 0.585. The number of halogens is 4. The molecule has 2 aliphatic carbocycles. The van der Waals surface area contributed by atoms with Gasteiger partial charge in [-0.3, -0.25) is 0 Å². The van der Waals surface area contributed by atoms with Gasteiger partial charge in [0.25, 0.3) is 0 Å². The van der Waals surface area contributed by atoms with Crippen LogP contribution in [0.3, 0.4) is 0 Å². The van der Waals surface area contributed by atoms with Gasteiger partial charge in [0.05, 0.1) is 31.8 Å². The SMILES string of the molecule is N#C[C@@H]1C[C@]2(Cl)C[C@@]1(Cl)C(Cl)=C2Cl. The number of hydrogen-bond acceptors (Lipinski definition) is 1. The summed E-state index contributed by atoms with van der Waals surface area (Å²) in [5, 5.41) is 9.62. The molecule has 0 aromatic rings. The maximum Gasteiger partial charge on any atom is 0.0991 e. The molecule has 2 aliphatic rings. The molecule has 0 spiro atoms. The predicted molar refractivity (Wildman–Crippen MR) is 54.2 cm³/mol. The third kappa shape index (κ3) is 1.07. The summed E-state index contributed by atoms with van der Waals surface area (Å²) in [6.07, 6.45) is 0.947. The van der Waals surface area contributed by atoms with E-state index in [0.717, 1.165) is 0 Å². The van der Waals surface area contributed by atoms with Crippen molar-refractivity contribution < 1.29 is 0 Å². The lowest BCUT2D eigenvalue weighted by atomic mass is 9.94. The number of nitriles is 1. The number of rotatable bonds is 0. The summed E-state index contributed by atoms with van der Waals surface area (Å²) in [6, 6.07) is 2.12. The number of nitrogens with zero attached hydrogens (tertiary/aromatic N) is 1. The Bertz CT molecular complexity index is 345. The molecular weight excluding hydrogens is 252 g/mol. The minimum absolute atomic E-state index is 0.332. The molecule has 0 unspecified atom stereocenters. The molecule has 13 heavy (non-hydrogen) atoms. The third-order valence-corrected chi connectivity index (χ3v) is 5.15. The van der Waals surface area contributed by atoms with E-state index in [1.54, 1.807) is 0 Å². The van der Waals surface area contributed by atoms with E-state index < -0.39 is 9.75 Å². The van der Waals surface area contributed by atoms with Gasteiger partial charge in [0, 0.05) is 0 Å². The van der Waals surface area contributed by atoms with Crippen molar-refractivity contribution in [3.8, 4) is 6.07 Å². The molecule has 1 saturated carbocycles. The molecule has 2 rings (SSSR count). The summed E-state index contributed by atoms with van der Waals surface area (Å²) in [6.45, 7) is 0. The number of alkyl halides is 2. The molecule has 0 N–H and O–H groups in total. The van der Waals surface area contributed by atoms with Crippen LogP contribution in [-0.4, -0.2) is 9.75 Å². The van der Waals surface area contributed by atoms with Gasteiger partial charge in [-0.05, 0) is 12.8 Å². The zero-order valence-electron chi connectivity index (χ0n) is 6.45. The summed E-state index contributed by atoms with van der Waals surface area (Å²) >= 11 is 24.3. The van der Waals surface area contributed by atoms with Crippen molar-refractivity contribution >= 4 is 46.4 Å². The van der Waals surface area contributed by atoms with Crippen LogP contribution < -0.4 is 0 Å². The summed E-state index contributed by atoms with van der Waals surface area (Å²) in [5.41, 5.74) is 0. The van der Waals surface area contributed by atoms with Gasteiger partial charge in [-0.15, -0.1) is 23.2 Å². The van der Waals surface area contributed by atoms with Crippen LogP contribution in [0.5, 0.6) is 0 Å². The monoisotopic (exact) mass is 255 g/mol. The van der Waals surface area contributed by atoms with E-state index in [0.29, 0.717) is 22.9 Å². The van der Waals surface area contributed by atoms with Gasteiger partial charge >= 0.3 is 0 Å². The maximum absolute atomic E-state index is 8.85. The maximum atomic E-state index is 8.85. The lowest BCUT2D eigenvalue weighted by Gasteiger charge is -2.24. The standard InChI is InChI=1S/C8H5Cl4N/c9-5-6(10)8(12)3-7(5,11)1-4(8)2-13/h4H,1,3H2/t4-,7-,8-/m0/s1. The Kier molecular flexibility index (Phi) is 2.06. The van der Waals surface area contributed by atoms with E-state index in [1.807, 2.05) is 0 Å². The molecule has 0 radical (unpaired) electrons. The van der Waals surface area contributed by atoms with Crippen LogP contribution in [0.2, 0.25) is 0 Å². The number of hydrogen-bond donors (Lipinski definition) is 0. The van der Waals surface area contributed by atoms with Gasteiger partial charge in [-0.25, -0.2) is 0 Å². The van der Waals surface area contributed by atoms with Crippen molar-refractivity contribution in [2.45, 2.75) is 22.6 Å². The summed E-state index contributed by atoms with van der Waals surface area (Å²) in [7, 11) is 0. The van der Waals surface area contributed by atoms with Gasteiger partial charge in [0.15, 0.2) is 0 Å². The molecule has 0 aromatic carbocycles. The Morgan fingerprint density at radius 2 is 1.92 bits per heavy atom. The Labute approximate surface area is 96.2 Å². The van der Waals surface area contributed by atoms with E-state index >= 15 is 0 Å². The average Bonchev–Trinajstić information content (AvgIpc) is 2.44. The van der Waals surface area contributed by atoms with E-state index in [1.165, 1.54) is 0 Å². The zero-order valence-corrected chi connectivity index (χ0v) is 9.47. The molecule has 0 aromatic heterocycles. The molecule has 3 atom stereocenters. The van der Waals surface area contributed by atoms with E-state index in [4.69, 9.17) is 51.7 Å². The van der Waals surface area contributed by atoms with Crippen molar-refractivity contribution in [1.29, 1.82) is 5.26 Å². The third-order valence-electron chi connectivity index (χ3n) is 2.72. The molecule has 1 nitrogen and oxygen atoms in total. The van der Waals surface area contributed by atoms with Crippen LogP contribution in [0, 0.1) is 17.2 Å². The fourth-order valence-corrected chi connectivity index (χ4v) is 3.78. The van der Waals surface area contributed by atoms with Crippen molar-refractivity contribution in [1.82, 2.24) is 0 Å². The van der Waals surface area contributed by atoms with Gasteiger partial charge in [0.1, 0.15) is 0 Å². The molecule has 5 heteroatoms. The smallest absolute Gasteiger partial charge is 0.0991 e. The van der Waals surface area contributed by atoms with Gasteiger partial charge in [-0.1, -0.05) is 23.2 Å². The van der Waals surface area contributed by atoms with Crippen LogP contribution in [0.15, 0.2) is 10.1 Å². The Morgan fingerprint density at radius 1 is 1.31 bits per heavy atom. The van der Waals surface area contributed by atoms with Crippen molar-refractivity contribution in [3.63, 3.8) is 0 Å². The highest BCUT2D eigenvalue weighted by Crippen LogP contribution is 2.64. The van der Waals surface area contributed by atoms with E-state index in [9.17, 15) is 0 Å². The molecule has 0 aliphatic heterocycles. The number of allylic oxidation sites excluding steroid dienone is 2. The second-order valence-electron chi connectivity index (χ2n) is 3.52. The molecule has 1 fully saturated rings. The molecule has 0 amide bonds. The molecule has 0 saturated heterocycles. The van der Waals surface area contributed by atoms with Crippen molar-refractivity contribution in [2.24, 2.45) is 5.92 Å². The van der Waals surface area contributed by atoms with Crippen molar-refractivity contribution in [3.05, 3.63) is 10.1 Å². The Morgan fingerprint density at radius 3 is 2.31 bits per heavy atom. The predicted octanol–water partition coefficient (Wildman–Crippen LogP) is 3.58.